The van der Waals surface area contributed by atoms with Crippen LogP contribution in [0.5, 0.6) is 5.75 Å². The molecule has 1 amide bonds. The van der Waals surface area contributed by atoms with E-state index >= 15 is 0 Å². The lowest BCUT2D eigenvalue weighted by atomic mass is 10.1. The van der Waals surface area contributed by atoms with E-state index in [0.29, 0.717) is 18.2 Å². The molecule has 6 heteroatoms. The van der Waals surface area contributed by atoms with Crippen molar-refractivity contribution in [2.45, 2.75) is 12.6 Å². The van der Waals surface area contributed by atoms with E-state index in [4.69, 9.17) is 4.74 Å². The van der Waals surface area contributed by atoms with Gasteiger partial charge in [-0.3, -0.25) is 4.79 Å². The number of ether oxygens (including phenoxy) is 1. The van der Waals surface area contributed by atoms with Crippen LogP contribution >= 0.6 is 0 Å². The predicted octanol–water partition coefficient (Wildman–Crippen LogP) is 4.54. The highest BCUT2D eigenvalue weighted by Crippen LogP contribution is 2.19. The zero-order valence-corrected chi connectivity index (χ0v) is 14.7. The first-order valence-corrected chi connectivity index (χ1v) is 8.49. The summed E-state index contributed by atoms with van der Waals surface area (Å²) in [6, 6.07) is 19.4. The molecule has 1 unspecified atom stereocenters. The Morgan fingerprint density at radius 1 is 1.04 bits per heavy atom. The highest BCUT2D eigenvalue weighted by atomic mass is 19.1. The van der Waals surface area contributed by atoms with E-state index < -0.39 is 23.6 Å². The van der Waals surface area contributed by atoms with Crippen molar-refractivity contribution in [2.75, 3.05) is 0 Å². The second-order valence-corrected chi connectivity index (χ2v) is 6.00. The van der Waals surface area contributed by atoms with Crippen LogP contribution in [0.2, 0.25) is 0 Å². The lowest BCUT2D eigenvalue weighted by molar-refractivity contribution is 0.0944. The summed E-state index contributed by atoms with van der Waals surface area (Å²) in [4.78, 5) is 12.4. The average Bonchev–Trinajstić information content (AvgIpc) is 2.72. The molecule has 28 heavy (non-hydrogen) atoms. The summed E-state index contributed by atoms with van der Waals surface area (Å²) in [6.45, 7) is 0.341. The Balaban J connectivity index is 1.64. The van der Waals surface area contributed by atoms with Crippen molar-refractivity contribution in [1.82, 2.24) is 5.32 Å². The van der Waals surface area contributed by atoms with Gasteiger partial charge in [-0.15, -0.1) is 0 Å². The number of nitriles is 1. The van der Waals surface area contributed by atoms with Crippen LogP contribution in [0.25, 0.3) is 0 Å². The summed E-state index contributed by atoms with van der Waals surface area (Å²) >= 11 is 0. The maximum Gasteiger partial charge on any atom is 0.252 e. The smallest absolute Gasteiger partial charge is 0.252 e. The Kier molecular flexibility index (Phi) is 5.97. The normalized spacial score (nSPS) is 11.3. The third kappa shape index (κ3) is 4.71. The van der Waals surface area contributed by atoms with Crippen LogP contribution in [0.3, 0.4) is 0 Å². The van der Waals surface area contributed by atoms with Gasteiger partial charge >= 0.3 is 0 Å². The molecular formula is C22H16F2N2O2. The Hall–Kier alpha value is -3.72. The van der Waals surface area contributed by atoms with Gasteiger partial charge in [-0.25, -0.2) is 8.78 Å². The van der Waals surface area contributed by atoms with Gasteiger partial charge in [0.25, 0.3) is 5.91 Å². The molecule has 0 aliphatic carbocycles. The van der Waals surface area contributed by atoms with E-state index in [0.717, 1.165) is 23.4 Å². The predicted molar refractivity (Wildman–Crippen MR) is 99.4 cm³/mol. The number of hydrogen-bond donors (Lipinski definition) is 1. The molecule has 3 rings (SSSR count). The number of nitrogens with zero attached hydrogens (tertiary/aromatic N) is 1. The molecule has 0 saturated heterocycles. The fraction of sp³-hybridized carbons (Fsp3) is 0.0909. The molecular weight excluding hydrogens is 362 g/mol. The monoisotopic (exact) mass is 378 g/mol. The lowest BCUT2D eigenvalue weighted by Crippen LogP contribution is -2.28. The number of benzene rings is 3. The first-order chi connectivity index (χ1) is 13.6. The fourth-order valence-electron chi connectivity index (χ4n) is 2.57. The molecule has 0 aliphatic heterocycles. The van der Waals surface area contributed by atoms with Crippen LogP contribution in [-0.2, 0) is 6.61 Å². The summed E-state index contributed by atoms with van der Waals surface area (Å²) in [6.07, 6.45) is 0. The second-order valence-electron chi connectivity index (χ2n) is 6.00. The Morgan fingerprint density at radius 2 is 1.75 bits per heavy atom. The van der Waals surface area contributed by atoms with Gasteiger partial charge in [0.2, 0.25) is 0 Å². The maximum atomic E-state index is 13.9. The van der Waals surface area contributed by atoms with Gasteiger partial charge in [0.05, 0.1) is 6.07 Å². The quantitative estimate of drug-likeness (QED) is 0.685. The molecule has 0 bridgehead atoms. The first-order valence-electron chi connectivity index (χ1n) is 8.49. The highest BCUT2D eigenvalue weighted by Gasteiger charge is 2.19. The summed E-state index contributed by atoms with van der Waals surface area (Å²) in [5, 5.41) is 11.7. The van der Waals surface area contributed by atoms with Crippen LogP contribution < -0.4 is 10.1 Å². The third-order valence-electron chi connectivity index (χ3n) is 4.04. The standard InChI is InChI=1S/C22H16F2N2O2/c23-17-10-11-19(20(24)12-17)21(13-25)26-22(27)16-8-6-15(7-9-16)14-28-18-4-2-1-3-5-18/h1-12,21H,14H2,(H,26,27). The number of hydrogen-bond acceptors (Lipinski definition) is 3. The van der Waals surface area contributed by atoms with E-state index in [1.807, 2.05) is 36.4 Å². The fourth-order valence-corrected chi connectivity index (χ4v) is 2.57. The molecule has 0 saturated carbocycles. The number of amides is 1. The Labute approximate surface area is 161 Å². The number of rotatable bonds is 6. The third-order valence-corrected chi connectivity index (χ3v) is 4.04. The SMILES string of the molecule is N#CC(NC(=O)c1ccc(COc2ccccc2)cc1)c1ccc(F)cc1F. The maximum absolute atomic E-state index is 13.9. The van der Waals surface area contributed by atoms with Gasteiger partial charge < -0.3 is 10.1 Å². The van der Waals surface area contributed by atoms with E-state index in [1.165, 1.54) is 0 Å². The van der Waals surface area contributed by atoms with E-state index in [2.05, 4.69) is 5.32 Å². The van der Waals surface area contributed by atoms with Crippen molar-refractivity contribution >= 4 is 5.91 Å². The van der Waals surface area contributed by atoms with Crippen LogP contribution in [0.4, 0.5) is 8.78 Å². The van der Waals surface area contributed by atoms with Crippen molar-refractivity contribution in [1.29, 1.82) is 5.26 Å². The van der Waals surface area contributed by atoms with Crippen molar-refractivity contribution in [2.24, 2.45) is 0 Å². The Bertz CT molecular complexity index is 999. The van der Waals surface area contributed by atoms with Crippen molar-refractivity contribution in [3.05, 3.63) is 101 Å². The summed E-state index contributed by atoms with van der Waals surface area (Å²) in [5.41, 5.74) is 1.08. The minimum absolute atomic E-state index is 0.0925. The molecule has 0 radical (unpaired) electrons. The molecule has 0 heterocycles. The highest BCUT2D eigenvalue weighted by molar-refractivity contribution is 5.94. The Morgan fingerprint density at radius 3 is 2.39 bits per heavy atom. The van der Waals surface area contributed by atoms with E-state index in [1.54, 1.807) is 24.3 Å². The number of nitrogens with one attached hydrogen (secondary N) is 1. The summed E-state index contributed by atoms with van der Waals surface area (Å²) in [5.74, 6) is -1.44. The second kappa shape index (κ2) is 8.78. The molecule has 0 aromatic heterocycles. The summed E-state index contributed by atoms with van der Waals surface area (Å²) < 4.78 is 32.5. The lowest BCUT2D eigenvalue weighted by Gasteiger charge is -2.13. The van der Waals surface area contributed by atoms with Crippen LogP contribution in [0.1, 0.15) is 27.5 Å². The van der Waals surface area contributed by atoms with Crippen molar-refractivity contribution in [3.8, 4) is 11.8 Å². The molecule has 0 spiro atoms. The molecule has 4 nitrogen and oxygen atoms in total. The van der Waals surface area contributed by atoms with Crippen molar-refractivity contribution in [3.63, 3.8) is 0 Å². The molecule has 0 fully saturated rings. The molecule has 3 aromatic carbocycles. The largest absolute Gasteiger partial charge is 0.489 e. The van der Waals surface area contributed by atoms with Gasteiger partial charge in [0.1, 0.15) is 30.0 Å². The van der Waals surface area contributed by atoms with Gasteiger partial charge in [0, 0.05) is 17.2 Å². The van der Waals surface area contributed by atoms with Crippen LogP contribution in [-0.4, -0.2) is 5.91 Å². The van der Waals surface area contributed by atoms with Crippen molar-refractivity contribution < 1.29 is 18.3 Å². The summed E-state index contributed by atoms with van der Waals surface area (Å²) in [7, 11) is 0. The first kappa shape index (κ1) is 19.1. The number of carbonyl (C=O) groups is 1. The topological polar surface area (TPSA) is 62.1 Å². The van der Waals surface area contributed by atoms with Gasteiger partial charge in [-0.2, -0.15) is 5.26 Å². The van der Waals surface area contributed by atoms with Crippen LogP contribution in [0.15, 0.2) is 72.8 Å². The zero-order valence-electron chi connectivity index (χ0n) is 14.7. The number of halogens is 2. The van der Waals surface area contributed by atoms with Gasteiger partial charge in [0.15, 0.2) is 0 Å². The van der Waals surface area contributed by atoms with E-state index in [9.17, 15) is 18.8 Å². The molecule has 1 atom stereocenters. The molecule has 0 aliphatic rings. The minimum atomic E-state index is -1.23. The van der Waals surface area contributed by atoms with Gasteiger partial charge in [-0.05, 0) is 35.9 Å². The molecule has 3 aromatic rings. The average molecular weight is 378 g/mol. The zero-order chi connectivity index (χ0) is 19.9. The van der Waals surface area contributed by atoms with Gasteiger partial charge in [-0.1, -0.05) is 36.4 Å². The van der Waals surface area contributed by atoms with Crippen LogP contribution in [0, 0.1) is 23.0 Å². The molecule has 140 valence electrons. The number of carbonyl (C=O) groups excluding carboxylic acids is 1. The number of para-hydroxylation sites is 1. The van der Waals surface area contributed by atoms with E-state index in [-0.39, 0.29) is 5.56 Å². The minimum Gasteiger partial charge on any atom is -0.489 e. The molecule has 1 N–H and O–H groups in total.